The molecule has 2 heterocycles. The van der Waals surface area contributed by atoms with Gasteiger partial charge in [0.25, 0.3) is 5.91 Å². The van der Waals surface area contributed by atoms with Crippen LogP contribution in [0, 0.1) is 12.7 Å². The van der Waals surface area contributed by atoms with E-state index in [0.717, 1.165) is 17.8 Å². The van der Waals surface area contributed by atoms with Crippen molar-refractivity contribution in [2.75, 3.05) is 0 Å². The van der Waals surface area contributed by atoms with Gasteiger partial charge in [-0.1, -0.05) is 5.16 Å². The molecular weight excluding hydrogens is 323 g/mol. The first kappa shape index (κ1) is 16.9. The number of amides is 1. The highest BCUT2D eigenvalue weighted by Crippen LogP contribution is 2.21. The van der Waals surface area contributed by atoms with Crippen LogP contribution in [-0.2, 0) is 6.54 Å². The van der Waals surface area contributed by atoms with E-state index in [4.69, 9.17) is 4.52 Å². The number of hydrogen-bond donors (Lipinski definition) is 1. The van der Waals surface area contributed by atoms with Crippen LogP contribution in [0.5, 0.6) is 0 Å². The maximum absolute atomic E-state index is 13.0. The van der Waals surface area contributed by atoms with Crippen LogP contribution in [0.25, 0.3) is 11.3 Å². The number of nitrogens with one attached hydrogen (secondary N) is 1. The zero-order valence-electron chi connectivity index (χ0n) is 14.3. The van der Waals surface area contributed by atoms with Crippen molar-refractivity contribution >= 4 is 5.91 Å². The second-order valence-electron chi connectivity index (χ2n) is 5.80. The SMILES string of the molecule is CCn1cc(C(C)NC(=O)c2cc(-c3ccc(F)cc3)on2)c(C)n1. The molecule has 0 bridgehead atoms. The van der Waals surface area contributed by atoms with Gasteiger partial charge in [0.2, 0.25) is 0 Å². The highest BCUT2D eigenvalue weighted by Gasteiger charge is 2.19. The minimum atomic E-state index is -0.340. The van der Waals surface area contributed by atoms with Crippen LogP contribution < -0.4 is 5.32 Å². The van der Waals surface area contributed by atoms with E-state index >= 15 is 0 Å². The van der Waals surface area contributed by atoms with Crippen molar-refractivity contribution in [2.24, 2.45) is 0 Å². The van der Waals surface area contributed by atoms with Gasteiger partial charge in [0.05, 0.1) is 11.7 Å². The van der Waals surface area contributed by atoms with Crippen LogP contribution in [0.15, 0.2) is 41.1 Å². The molecule has 0 saturated carbocycles. The summed E-state index contributed by atoms with van der Waals surface area (Å²) in [5.41, 5.74) is 2.66. The fourth-order valence-corrected chi connectivity index (χ4v) is 2.60. The van der Waals surface area contributed by atoms with Crippen LogP contribution in [0.1, 0.15) is 41.6 Å². The second kappa shape index (κ2) is 6.88. The van der Waals surface area contributed by atoms with E-state index in [2.05, 4.69) is 15.6 Å². The van der Waals surface area contributed by atoms with Crippen LogP contribution >= 0.6 is 0 Å². The lowest BCUT2D eigenvalue weighted by molar-refractivity contribution is 0.0930. The van der Waals surface area contributed by atoms with E-state index in [-0.39, 0.29) is 23.5 Å². The Bertz CT molecular complexity index is 883. The number of carbonyl (C=O) groups is 1. The molecule has 0 aliphatic carbocycles. The second-order valence-corrected chi connectivity index (χ2v) is 5.80. The molecule has 3 rings (SSSR count). The Morgan fingerprint density at radius 1 is 1.36 bits per heavy atom. The van der Waals surface area contributed by atoms with Crippen molar-refractivity contribution < 1.29 is 13.7 Å². The maximum Gasteiger partial charge on any atom is 0.273 e. The van der Waals surface area contributed by atoms with Crippen LogP contribution in [0.3, 0.4) is 0 Å². The van der Waals surface area contributed by atoms with E-state index in [9.17, 15) is 9.18 Å². The third kappa shape index (κ3) is 3.60. The van der Waals surface area contributed by atoms with Gasteiger partial charge in [-0.3, -0.25) is 9.48 Å². The normalized spacial score (nSPS) is 12.2. The van der Waals surface area contributed by atoms with E-state index in [1.807, 2.05) is 31.6 Å². The number of rotatable bonds is 5. The standard InChI is InChI=1S/C18H19FN4O2/c1-4-23-10-15(12(3)21-23)11(2)20-18(24)16-9-17(25-22-16)13-5-7-14(19)8-6-13/h5-11H,4H2,1-3H3,(H,20,24). The predicted octanol–water partition coefficient (Wildman–Crippen LogP) is 3.50. The van der Waals surface area contributed by atoms with Crippen LogP contribution in [-0.4, -0.2) is 20.8 Å². The summed E-state index contributed by atoms with van der Waals surface area (Å²) in [5.74, 6) is -0.265. The summed E-state index contributed by atoms with van der Waals surface area (Å²) in [6.07, 6.45) is 1.92. The first-order chi connectivity index (χ1) is 12.0. The monoisotopic (exact) mass is 342 g/mol. The molecule has 7 heteroatoms. The Morgan fingerprint density at radius 2 is 2.08 bits per heavy atom. The van der Waals surface area contributed by atoms with E-state index < -0.39 is 0 Å². The van der Waals surface area contributed by atoms with Gasteiger partial charge in [0.1, 0.15) is 5.82 Å². The van der Waals surface area contributed by atoms with Gasteiger partial charge in [0.15, 0.2) is 11.5 Å². The number of aromatic nitrogens is 3. The highest BCUT2D eigenvalue weighted by atomic mass is 19.1. The number of carbonyl (C=O) groups excluding carboxylic acids is 1. The largest absolute Gasteiger partial charge is 0.355 e. The molecule has 1 N–H and O–H groups in total. The Hall–Kier alpha value is -2.96. The first-order valence-electron chi connectivity index (χ1n) is 8.05. The average molecular weight is 342 g/mol. The Morgan fingerprint density at radius 3 is 2.72 bits per heavy atom. The Balaban J connectivity index is 1.73. The van der Waals surface area contributed by atoms with Crippen molar-refractivity contribution in [3.8, 4) is 11.3 Å². The van der Waals surface area contributed by atoms with Crippen molar-refractivity contribution in [1.82, 2.24) is 20.3 Å². The Labute approximate surface area is 144 Å². The zero-order chi connectivity index (χ0) is 18.0. The third-order valence-corrected chi connectivity index (χ3v) is 3.99. The molecule has 6 nitrogen and oxygen atoms in total. The van der Waals surface area contributed by atoms with Crippen LogP contribution in [0.4, 0.5) is 4.39 Å². The molecule has 1 aromatic carbocycles. The minimum Gasteiger partial charge on any atom is -0.355 e. The number of benzene rings is 1. The van der Waals surface area contributed by atoms with Crippen molar-refractivity contribution in [3.05, 3.63) is 59.3 Å². The van der Waals surface area contributed by atoms with Gasteiger partial charge in [-0.05, 0) is 45.0 Å². The summed E-state index contributed by atoms with van der Waals surface area (Å²) in [7, 11) is 0. The summed E-state index contributed by atoms with van der Waals surface area (Å²) in [6, 6.07) is 7.13. The summed E-state index contributed by atoms with van der Waals surface area (Å²) >= 11 is 0. The molecule has 1 amide bonds. The molecule has 0 spiro atoms. The lowest BCUT2D eigenvalue weighted by Crippen LogP contribution is -2.27. The third-order valence-electron chi connectivity index (χ3n) is 3.99. The molecule has 1 unspecified atom stereocenters. The van der Waals surface area contributed by atoms with Gasteiger partial charge in [-0.25, -0.2) is 4.39 Å². The summed E-state index contributed by atoms with van der Waals surface area (Å²) in [5, 5.41) is 11.1. The molecule has 0 radical (unpaired) electrons. The fraction of sp³-hybridized carbons (Fsp3) is 0.278. The molecule has 130 valence electrons. The quantitative estimate of drug-likeness (QED) is 0.770. The summed E-state index contributed by atoms with van der Waals surface area (Å²) in [6.45, 7) is 6.58. The van der Waals surface area contributed by atoms with E-state index in [1.54, 1.807) is 12.1 Å². The van der Waals surface area contributed by atoms with Crippen molar-refractivity contribution in [3.63, 3.8) is 0 Å². The molecule has 2 aromatic heterocycles. The minimum absolute atomic E-state index is 0.173. The lowest BCUT2D eigenvalue weighted by Gasteiger charge is -2.11. The molecule has 1 atom stereocenters. The number of nitrogens with zero attached hydrogens (tertiary/aromatic N) is 3. The topological polar surface area (TPSA) is 73.0 Å². The lowest BCUT2D eigenvalue weighted by atomic mass is 10.1. The molecule has 25 heavy (non-hydrogen) atoms. The molecule has 0 aliphatic rings. The fourth-order valence-electron chi connectivity index (χ4n) is 2.60. The van der Waals surface area contributed by atoms with Gasteiger partial charge >= 0.3 is 0 Å². The Kier molecular flexibility index (Phi) is 4.65. The van der Waals surface area contributed by atoms with Crippen molar-refractivity contribution in [1.29, 1.82) is 0 Å². The molecule has 0 aliphatic heterocycles. The summed E-state index contributed by atoms with van der Waals surface area (Å²) < 4.78 is 20.0. The molecule has 0 saturated heterocycles. The molecular formula is C18H19FN4O2. The maximum atomic E-state index is 13.0. The number of aryl methyl sites for hydroxylation is 2. The average Bonchev–Trinajstić information content (AvgIpc) is 3.22. The highest BCUT2D eigenvalue weighted by molar-refractivity contribution is 5.93. The van der Waals surface area contributed by atoms with Gasteiger partial charge in [0, 0.05) is 29.9 Å². The van der Waals surface area contributed by atoms with Crippen molar-refractivity contribution in [2.45, 2.75) is 33.4 Å². The van der Waals surface area contributed by atoms with Gasteiger partial charge < -0.3 is 9.84 Å². The molecule has 0 fully saturated rings. The number of halogens is 1. The molecule has 3 aromatic rings. The smallest absolute Gasteiger partial charge is 0.273 e. The predicted molar refractivity (Wildman–Crippen MR) is 90.4 cm³/mol. The van der Waals surface area contributed by atoms with E-state index in [1.165, 1.54) is 18.2 Å². The first-order valence-corrected chi connectivity index (χ1v) is 8.05. The van der Waals surface area contributed by atoms with Gasteiger partial charge in [-0.2, -0.15) is 5.10 Å². The van der Waals surface area contributed by atoms with E-state index in [0.29, 0.717) is 11.3 Å². The number of hydrogen-bond acceptors (Lipinski definition) is 4. The van der Waals surface area contributed by atoms with Gasteiger partial charge in [-0.15, -0.1) is 0 Å². The van der Waals surface area contributed by atoms with Crippen LogP contribution in [0.2, 0.25) is 0 Å². The summed E-state index contributed by atoms with van der Waals surface area (Å²) in [4.78, 5) is 12.4. The zero-order valence-corrected chi connectivity index (χ0v) is 14.3.